The number of benzene rings is 1. The van der Waals surface area contributed by atoms with Crippen molar-refractivity contribution in [3.05, 3.63) is 64.5 Å². The molecule has 1 aromatic carbocycles. The van der Waals surface area contributed by atoms with Gasteiger partial charge >= 0.3 is 0 Å². The van der Waals surface area contributed by atoms with Crippen molar-refractivity contribution in [1.82, 2.24) is 4.98 Å². The van der Waals surface area contributed by atoms with Gasteiger partial charge in [-0.2, -0.15) is 0 Å². The Balaban J connectivity index is 1.70. The first kappa shape index (κ1) is 14.0. The molecule has 110 valence electrons. The fourth-order valence-corrected chi connectivity index (χ4v) is 2.24. The van der Waals surface area contributed by atoms with Crippen LogP contribution < -0.4 is 4.90 Å². The Kier molecular flexibility index (Phi) is 3.47. The van der Waals surface area contributed by atoms with E-state index < -0.39 is 10.6 Å². The average Bonchev–Trinajstić information content (AvgIpc) is 2.51. The molecule has 0 bridgehead atoms. The van der Waals surface area contributed by atoms with Gasteiger partial charge in [-0.1, -0.05) is 18.1 Å². The molecule has 1 aliphatic heterocycles. The van der Waals surface area contributed by atoms with Gasteiger partial charge in [-0.3, -0.25) is 10.1 Å². The number of aromatic nitrogens is 1. The number of hydrogen-bond donors (Lipinski definition) is 0. The Bertz CT molecular complexity index is 762. The summed E-state index contributed by atoms with van der Waals surface area (Å²) in [5.41, 5.74) is -0.467. The van der Waals surface area contributed by atoms with Crippen molar-refractivity contribution in [3.63, 3.8) is 0 Å². The summed E-state index contributed by atoms with van der Waals surface area (Å²) in [5, 5.41) is 10.8. The zero-order valence-electron chi connectivity index (χ0n) is 11.6. The average molecular weight is 297 g/mol. The van der Waals surface area contributed by atoms with E-state index in [0.717, 1.165) is 0 Å². The van der Waals surface area contributed by atoms with Gasteiger partial charge in [0, 0.05) is 24.0 Å². The highest BCUT2D eigenvalue weighted by atomic mass is 19.1. The molecule has 0 amide bonds. The van der Waals surface area contributed by atoms with Crippen LogP contribution in [0.3, 0.4) is 0 Å². The summed E-state index contributed by atoms with van der Waals surface area (Å²) < 4.78 is 14.4. The van der Waals surface area contributed by atoms with E-state index in [1.807, 2.05) is 0 Å². The number of non-ortho nitro benzene ring substituents is 1. The molecule has 1 aromatic heterocycles. The highest BCUT2D eigenvalue weighted by Crippen LogP contribution is 2.32. The zero-order valence-corrected chi connectivity index (χ0v) is 11.6. The van der Waals surface area contributed by atoms with Gasteiger partial charge in [0.05, 0.1) is 18.0 Å². The standard InChI is InChI=1S/C16H12FN3O2/c17-16(8-7-13-4-1-2-9-18-13)11-19(12-16)14-5-3-6-15(10-14)20(21)22/h1-6,9-10H,11-12H2. The highest BCUT2D eigenvalue weighted by Gasteiger charge is 2.42. The second kappa shape index (κ2) is 5.45. The van der Waals surface area contributed by atoms with E-state index in [4.69, 9.17) is 0 Å². The Hall–Kier alpha value is -2.94. The van der Waals surface area contributed by atoms with Gasteiger partial charge in [-0.15, -0.1) is 0 Å². The third kappa shape index (κ3) is 2.88. The van der Waals surface area contributed by atoms with Crippen LogP contribution in [0.5, 0.6) is 0 Å². The summed E-state index contributed by atoms with van der Waals surface area (Å²) in [5.74, 6) is 5.31. The number of anilines is 1. The predicted octanol–water partition coefficient (Wildman–Crippen LogP) is 2.57. The third-order valence-corrected chi connectivity index (χ3v) is 3.37. The monoisotopic (exact) mass is 297 g/mol. The van der Waals surface area contributed by atoms with Gasteiger partial charge < -0.3 is 4.90 Å². The summed E-state index contributed by atoms with van der Waals surface area (Å²) in [6, 6.07) is 11.4. The molecule has 2 aromatic rings. The lowest BCUT2D eigenvalue weighted by Gasteiger charge is -2.42. The summed E-state index contributed by atoms with van der Waals surface area (Å²) in [6.45, 7) is 0.183. The number of nitro groups is 1. The number of nitro benzene ring substituents is 1. The van der Waals surface area contributed by atoms with Gasteiger partial charge in [0.25, 0.3) is 5.69 Å². The van der Waals surface area contributed by atoms with Crippen molar-refractivity contribution in [2.45, 2.75) is 5.67 Å². The van der Waals surface area contributed by atoms with Crippen LogP contribution in [0.25, 0.3) is 0 Å². The van der Waals surface area contributed by atoms with Crippen molar-refractivity contribution in [3.8, 4) is 11.8 Å². The Morgan fingerprint density at radius 2 is 2.09 bits per heavy atom. The first-order chi connectivity index (χ1) is 10.6. The van der Waals surface area contributed by atoms with E-state index in [1.54, 1.807) is 41.4 Å². The molecular formula is C16H12FN3O2. The van der Waals surface area contributed by atoms with Crippen LogP contribution in [0.1, 0.15) is 5.69 Å². The number of rotatable bonds is 2. The molecule has 1 fully saturated rings. The molecule has 0 aliphatic carbocycles. The molecule has 0 atom stereocenters. The van der Waals surface area contributed by atoms with Crippen molar-refractivity contribution in [1.29, 1.82) is 0 Å². The molecule has 0 unspecified atom stereocenters. The number of hydrogen-bond acceptors (Lipinski definition) is 4. The molecule has 0 radical (unpaired) electrons. The Morgan fingerprint density at radius 1 is 1.27 bits per heavy atom. The minimum Gasteiger partial charge on any atom is -0.363 e. The van der Waals surface area contributed by atoms with Crippen molar-refractivity contribution in [2.24, 2.45) is 0 Å². The quantitative estimate of drug-likeness (QED) is 0.485. The summed E-state index contributed by atoms with van der Waals surface area (Å²) in [7, 11) is 0. The largest absolute Gasteiger partial charge is 0.363 e. The molecule has 22 heavy (non-hydrogen) atoms. The van der Waals surface area contributed by atoms with E-state index in [-0.39, 0.29) is 18.8 Å². The maximum absolute atomic E-state index is 14.4. The van der Waals surface area contributed by atoms with E-state index >= 15 is 0 Å². The van der Waals surface area contributed by atoms with E-state index in [0.29, 0.717) is 11.4 Å². The number of pyridine rings is 1. The van der Waals surface area contributed by atoms with Gasteiger partial charge in [0.2, 0.25) is 5.67 Å². The normalized spacial score (nSPS) is 15.4. The molecule has 1 aliphatic rings. The van der Waals surface area contributed by atoms with Crippen LogP contribution in [-0.4, -0.2) is 28.7 Å². The first-order valence-corrected chi connectivity index (χ1v) is 6.68. The maximum Gasteiger partial charge on any atom is 0.271 e. The molecule has 6 heteroatoms. The summed E-state index contributed by atoms with van der Waals surface area (Å²) >= 11 is 0. The van der Waals surface area contributed by atoms with Gasteiger partial charge in [-0.25, -0.2) is 9.37 Å². The van der Waals surface area contributed by atoms with Gasteiger partial charge in [0.15, 0.2) is 0 Å². The SMILES string of the molecule is O=[N+]([O-])c1cccc(N2CC(F)(C#Cc3ccccn3)C2)c1. The molecule has 0 spiro atoms. The fourth-order valence-electron chi connectivity index (χ4n) is 2.24. The van der Waals surface area contributed by atoms with Crippen molar-refractivity contribution < 1.29 is 9.31 Å². The van der Waals surface area contributed by atoms with Crippen LogP contribution >= 0.6 is 0 Å². The van der Waals surface area contributed by atoms with Crippen LogP contribution in [0, 0.1) is 22.0 Å². The molecular weight excluding hydrogens is 285 g/mol. The zero-order chi connectivity index (χ0) is 15.6. The number of nitrogens with zero attached hydrogens (tertiary/aromatic N) is 3. The van der Waals surface area contributed by atoms with Crippen LogP contribution in [0.4, 0.5) is 15.8 Å². The van der Waals surface area contributed by atoms with Crippen molar-refractivity contribution in [2.75, 3.05) is 18.0 Å². The topological polar surface area (TPSA) is 59.3 Å². The number of alkyl halides is 1. The van der Waals surface area contributed by atoms with Gasteiger partial charge in [0.1, 0.15) is 5.69 Å². The Labute approximate surface area is 126 Å². The van der Waals surface area contributed by atoms with E-state index in [2.05, 4.69) is 16.8 Å². The first-order valence-electron chi connectivity index (χ1n) is 6.68. The van der Waals surface area contributed by atoms with Crippen molar-refractivity contribution >= 4 is 11.4 Å². The highest BCUT2D eigenvalue weighted by molar-refractivity contribution is 5.57. The predicted molar refractivity (Wildman–Crippen MR) is 80.3 cm³/mol. The van der Waals surface area contributed by atoms with Crippen LogP contribution in [0.15, 0.2) is 48.7 Å². The fraction of sp³-hybridized carbons (Fsp3) is 0.188. The maximum atomic E-state index is 14.4. The van der Waals surface area contributed by atoms with Crippen LogP contribution in [0.2, 0.25) is 0 Å². The minimum absolute atomic E-state index is 0.00609. The van der Waals surface area contributed by atoms with E-state index in [9.17, 15) is 14.5 Å². The molecule has 3 rings (SSSR count). The molecule has 2 heterocycles. The summed E-state index contributed by atoms with van der Waals surface area (Å²) in [6.07, 6.45) is 1.60. The third-order valence-electron chi connectivity index (χ3n) is 3.37. The lowest BCUT2D eigenvalue weighted by Crippen LogP contribution is -2.58. The number of halogens is 1. The van der Waals surface area contributed by atoms with Gasteiger partial charge in [-0.05, 0) is 24.1 Å². The minimum atomic E-state index is -1.61. The second-order valence-corrected chi connectivity index (χ2v) is 5.06. The molecule has 1 saturated heterocycles. The van der Waals surface area contributed by atoms with E-state index in [1.165, 1.54) is 12.1 Å². The molecule has 0 N–H and O–H groups in total. The second-order valence-electron chi connectivity index (χ2n) is 5.06. The smallest absolute Gasteiger partial charge is 0.271 e. The van der Waals surface area contributed by atoms with Crippen LogP contribution in [-0.2, 0) is 0 Å². The molecule has 5 nitrogen and oxygen atoms in total. The summed E-state index contributed by atoms with van der Waals surface area (Å²) in [4.78, 5) is 16.0. The molecule has 0 saturated carbocycles. The lowest BCUT2D eigenvalue weighted by atomic mass is 9.96. The lowest BCUT2D eigenvalue weighted by molar-refractivity contribution is -0.384. The Morgan fingerprint density at radius 3 is 2.77 bits per heavy atom.